The van der Waals surface area contributed by atoms with Crippen molar-refractivity contribution in [1.29, 1.82) is 0 Å². The summed E-state index contributed by atoms with van der Waals surface area (Å²) in [6, 6.07) is 7.71. The van der Waals surface area contributed by atoms with Gasteiger partial charge in [0.05, 0.1) is 0 Å². The Labute approximate surface area is 114 Å². The van der Waals surface area contributed by atoms with E-state index < -0.39 is 0 Å². The van der Waals surface area contributed by atoms with Crippen LogP contribution in [0.15, 0.2) is 35.1 Å². The molecule has 0 saturated heterocycles. The van der Waals surface area contributed by atoms with E-state index in [4.69, 9.17) is 0 Å². The molecule has 0 fully saturated rings. The van der Waals surface area contributed by atoms with Crippen molar-refractivity contribution >= 4 is 5.65 Å². The summed E-state index contributed by atoms with van der Waals surface area (Å²) in [6.45, 7) is 3.83. The summed E-state index contributed by atoms with van der Waals surface area (Å²) in [7, 11) is 0. The van der Waals surface area contributed by atoms with Crippen LogP contribution < -0.4 is 5.56 Å². The Balaban J connectivity index is 2.34. The SMILES string of the molecule is CCc1cc(=O)n2[nH]c(C)c(-c3ccc(F)cc3)c2n1. The fourth-order valence-electron chi connectivity index (χ4n) is 2.34. The maximum atomic E-state index is 13.0. The van der Waals surface area contributed by atoms with Crippen molar-refractivity contribution in [1.82, 2.24) is 14.6 Å². The van der Waals surface area contributed by atoms with Crippen LogP contribution in [0, 0.1) is 12.7 Å². The summed E-state index contributed by atoms with van der Waals surface area (Å²) < 4.78 is 14.5. The number of nitrogens with one attached hydrogen (secondary N) is 1. The highest BCUT2D eigenvalue weighted by atomic mass is 19.1. The molecule has 0 radical (unpaired) electrons. The minimum Gasteiger partial charge on any atom is -0.293 e. The number of halogens is 1. The number of fused-ring (bicyclic) bond motifs is 1. The number of H-pyrrole nitrogens is 1. The van der Waals surface area contributed by atoms with Gasteiger partial charge in [0.15, 0.2) is 5.65 Å². The van der Waals surface area contributed by atoms with E-state index in [1.807, 2.05) is 13.8 Å². The molecular formula is C15H14FN3O. The highest BCUT2D eigenvalue weighted by Gasteiger charge is 2.14. The Morgan fingerprint density at radius 3 is 2.65 bits per heavy atom. The summed E-state index contributed by atoms with van der Waals surface area (Å²) in [6.07, 6.45) is 0.693. The van der Waals surface area contributed by atoms with Gasteiger partial charge in [0, 0.05) is 23.0 Å². The molecule has 102 valence electrons. The van der Waals surface area contributed by atoms with Crippen LogP contribution in [-0.4, -0.2) is 14.6 Å². The van der Waals surface area contributed by atoms with Gasteiger partial charge < -0.3 is 0 Å². The van der Waals surface area contributed by atoms with Crippen molar-refractivity contribution in [2.75, 3.05) is 0 Å². The van der Waals surface area contributed by atoms with Crippen molar-refractivity contribution in [2.24, 2.45) is 0 Å². The van der Waals surface area contributed by atoms with Crippen LogP contribution in [0.4, 0.5) is 4.39 Å². The molecule has 5 heteroatoms. The first-order valence-electron chi connectivity index (χ1n) is 6.47. The monoisotopic (exact) mass is 271 g/mol. The Morgan fingerprint density at radius 2 is 2.00 bits per heavy atom. The van der Waals surface area contributed by atoms with Crippen LogP contribution in [0.1, 0.15) is 18.3 Å². The molecule has 4 nitrogen and oxygen atoms in total. The quantitative estimate of drug-likeness (QED) is 0.779. The summed E-state index contributed by atoms with van der Waals surface area (Å²) in [5, 5.41) is 3.01. The molecule has 1 aromatic carbocycles. The lowest BCUT2D eigenvalue weighted by Gasteiger charge is -2.02. The number of nitrogens with zero attached hydrogens (tertiary/aromatic N) is 2. The maximum Gasteiger partial charge on any atom is 0.272 e. The van der Waals surface area contributed by atoms with Crippen LogP contribution in [0.2, 0.25) is 0 Å². The first-order chi connectivity index (χ1) is 9.60. The zero-order valence-corrected chi connectivity index (χ0v) is 11.3. The van der Waals surface area contributed by atoms with E-state index >= 15 is 0 Å². The van der Waals surface area contributed by atoms with Gasteiger partial charge in [-0.05, 0) is 31.0 Å². The standard InChI is InChI=1S/C15H14FN3O/c1-3-12-8-13(20)19-15(17-12)14(9(2)18-19)10-4-6-11(16)7-5-10/h4-8,18H,3H2,1-2H3. The lowest BCUT2D eigenvalue weighted by molar-refractivity contribution is 0.628. The van der Waals surface area contributed by atoms with E-state index in [0.29, 0.717) is 12.1 Å². The average molecular weight is 271 g/mol. The second kappa shape index (κ2) is 4.59. The first-order valence-corrected chi connectivity index (χ1v) is 6.47. The number of rotatable bonds is 2. The van der Waals surface area contributed by atoms with Crippen LogP contribution in [0.3, 0.4) is 0 Å². The Morgan fingerprint density at radius 1 is 1.30 bits per heavy atom. The third-order valence-electron chi connectivity index (χ3n) is 3.35. The maximum absolute atomic E-state index is 13.0. The average Bonchev–Trinajstić information content (AvgIpc) is 2.77. The first kappa shape index (κ1) is 12.6. The number of aromatic nitrogens is 3. The van der Waals surface area contributed by atoms with Gasteiger partial charge >= 0.3 is 0 Å². The molecule has 0 unspecified atom stereocenters. The van der Waals surface area contributed by atoms with E-state index in [1.54, 1.807) is 12.1 Å². The predicted octanol–water partition coefficient (Wildman–Crippen LogP) is 2.70. The molecule has 2 aromatic heterocycles. The third kappa shape index (κ3) is 1.91. The topological polar surface area (TPSA) is 50.2 Å². The fourth-order valence-corrected chi connectivity index (χ4v) is 2.34. The molecule has 0 aliphatic rings. The van der Waals surface area contributed by atoms with Gasteiger partial charge in [0.1, 0.15) is 5.82 Å². The Kier molecular flexibility index (Phi) is 2.89. The van der Waals surface area contributed by atoms with Crippen LogP contribution >= 0.6 is 0 Å². The largest absolute Gasteiger partial charge is 0.293 e. The second-order valence-electron chi connectivity index (χ2n) is 4.72. The van der Waals surface area contributed by atoms with Crippen LogP contribution in [0.5, 0.6) is 0 Å². The van der Waals surface area contributed by atoms with Crippen molar-refractivity contribution in [3.8, 4) is 11.1 Å². The van der Waals surface area contributed by atoms with Crippen molar-refractivity contribution in [2.45, 2.75) is 20.3 Å². The number of aryl methyl sites for hydroxylation is 2. The molecule has 0 spiro atoms. The van der Waals surface area contributed by atoms with Crippen molar-refractivity contribution in [3.63, 3.8) is 0 Å². The van der Waals surface area contributed by atoms with Gasteiger partial charge in [-0.3, -0.25) is 9.89 Å². The lowest BCUT2D eigenvalue weighted by atomic mass is 10.1. The predicted molar refractivity (Wildman–Crippen MR) is 75.3 cm³/mol. The van der Waals surface area contributed by atoms with E-state index in [9.17, 15) is 9.18 Å². The molecule has 2 heterocycles. The molecule has 0 atom stereocenters. The molecule has 3 aromatic rings. The molecule has 0 aliphatic carbocycles. The normalized spacial score (nSPS) is 11.2. The molecular weight excluding hydrogens is 257 g/mol. The molecule has 3 rings (SSSR count). The fraction of sp³-hybridized carbons (Fsp3) is 0.200. The molecule has 0 aliphatic heterocycles. The van der Waals surface area contributed by atoms with Crippen molar-refractivity contribution < 1.29 is 4.39 Å². The summed E-state index contributed by atoms with van der Waals surface area (Å²) >= 11 is 0. The summed E-state index contributed by atoms with van der Waals surface area (Å²) in [4.78, 5) is 16.6. The van der Waals surface area contributed by atoms with E-state index in [-0.39, 0.29) is 11.4 Å². The Hall–Kier alpha value is -2.43. The van der Waals surface area contributed by atoms with Gasteiger partial charge in [0.2, 0.25) is 0 Å². The van der Waals surface area contributed by atoms with Gasteiger partial charge in [-0.25, -0.2) is 13.9 Å². The van der Waals surface area contributed by atoms with E-state index in [2.05, 4.69) is 10.1 Å². The lowest BCUT2D eigenvalue weighted by Crippen LogP contribution is -2.15. The van der Waals surface area contributed by atoms with Gasteiger partial charge in [-0.15, -0.1) is 0 Å². The van der Waals surface area contributed by atoms with Gasteiger partial charge in [-0.2, -0.15) is 0 Å². The highest BCUT2D eigenvalue weighted by molar-refractivity contribution is 5.79. The van der Waals surface area contributed by atoms with Crippen molar-refractivity contribution in [3.05, 3.63) is 57.9 Å². The van der Waals surface area contributed by atoms with Gasteiger partial charge in [0.25, 0.3) is 5.56 Å². The van der Waals surface area contributed by atoms with E-state index in [1.165, 1.54) is 22.7 Å². The minimum atomic E-state index is -0.286. The third-order valence-corrected chi connectivity index (χ3v) is 3.35. The summed E-state index contributed by atoms with van der Waals surface area (Å²) in [5.41, 5.74) is 3.69. The number of benzene rings is 1. The van der Waals surface area contributed by atoms with E-state index in [0.717, 1.165) is 22.5 Å². The molecule has 1 N–H and O–H groups in total. The molecule has 0 amide bonds. The molecule has 20 heavy (non-hydrogen) atoms. The second-order valence-corrected chi connectivity index (χ2v) is 4.72. The zero-order valence-electron chi connectivity index (χ0n) is 11.3. The smallest absolute Gasteiger partial charge is 0.272 e. The number of hydrogen-bond acceptors (Lipinski definition) is 2. The zero-order chi connectivity index (χ0) is 14.3. The highest BCUT2D eigenvalue weighted by Crippen LogP contribution is 2.26. The van der Waals surface area contributed by atoms with Gasteiger partial charge in [-0.1, -0.05) is 19.1 Å². The Bertz CT molecular complexity index is 831. The molecule has 0 bridgehead atoms. The number of aromatic amines is 1. The van der Waals surface area contributed by atoms with Crippen LogP contribution in [0.25, 0.3) is 16.8 Å². The number of hydrogen-bond donors (Lipinski definition) is 1. The van der Waals surface area contributed by atoms with Crippen LogP contribution in [-0.2, 0) is 6.42 Å². The minimum absolute atomic E-state index is 0.136. The summed E-state index contributed by atoms with van der Waals surface area (Å²) in [5.74, 6) is -0.286. The molecule has 0 saturated carbocycles.